The molecule has 1 aliphatic rings. The fraction of sp³-hybridized carbons (Fsp3) is 0.296. The number of hydrogen-bond donors (Lipinski definition) is 2. The highest BCUT2D eigenvalue weighted by Crippen LogP contribution is 2.25. The van der Waals surface area contributed by atoms with E-state index in [-0.39, 0.29) is 35.6 Å². The van der Waals surface area contributed by atoms with E-state index in [1.807, 2.05) is 32.0 Å². The molecule has 0 aromatic heterocycles. The van der Waals surface area contributed by atoms with Crippen molar-refractivity contribution < 1.29 is 21.6 Å². The first-order valence-electron chi connectivity index (χ1n) is 12.2. The molecule has 1 saturated heterocycles. The average Bonchev–Trinajstić information content (AvgIpc) is 2.86. The molecule has 3 aromatic rings. The number of anilines is 2. The molecule has 38 heavy (non-hydrogen) atoms. The Bertz CT molecular complexity index is 1530. The molecule has 2 N–H and O–H groups in total. The molecule has 8 nitrogen and oxygen atoms in total. The fourth-order valence-corrected chi connectivity index (χ4v) is 7.11. The molecule has 0 unspecified atom stereocenters. The summed E-state index contributed by atoms with van der Waals surface area (Å²) in [6.07, 6.45) is 0.822. The molecule has 0 aliphatic carbocycles. The molecule has 1 heterocycles. The molecule has 0 saturated carbocycles. The lowest BCUT2D eigenvalue weighted by Gasteiger charge is -2.30. The van der Waals surface area contributed by atoms with Gasteiger partial charge in [0.05, 0.1) is 16.3 Å². The van der Waals surface area contributed by atoms with Gasteiger partial charge in [-0.05, 0) is 74.2 Å². The third kappa shape index (κ3) is 6.93. The van der Waals surface area contributed by atoms with Gasteiger partial charge in [-0.2, -0.15) is 0 Å². The number of carbonyl (C=O) groups excluding carboxylic acids is 1. The van der Waals surface area contributed by atoms with Crippen LogP contribution in [0.2, 0.25) is 5.02 Å². The minimum atomic E-state index is -3.84. The van der Waals surface area contributed by atoms with Crippen molar-refractivity contribution in [2.24, 2.45) is 5.92 Å². The number of aryl methyl sites for hydroxylation is 2. The molecule has 4 rings (SSSR count). The van der Waals surface area contributed by atoms with Crippen molar-refractivity contribution in [3.63, 3.8) is 0 Å². The highest BCUT2D eigenvalue weighted by atomic mass is 35.5. The van der Waals surface area contributed by atoms with Gasteiger partial charge in [0.2, 0.25) is 15.9 Å². The highest BCUT2D eigenvalue weighted by Gasteiger charge is 2.31. The Kier molecular flexibility index (Phi) is 8.46. The molecule has 1 amide bonds. The summed E-state index contributed by atoms with van der Waals surface area (Å²) in [5.74, 6) is -0.618. The van der Waals surface area contributed by atoms with Gasteiger partial charge in [0.15, 0.2) is 0 Å². The van der Waals surface area contributed by atoms with Gasteiger partial charge in [-0.1, -0.05) is 47.5 Å². The van der Waals surface area contributed by atoms with Crippen molar-refractivity contribution in [3.8, 4) is 0 Å². The van der Waals surface area contributed by atoms with E-state index in [4.69, 9.17) is 11.6 Å². The molecule has 1 fully saturated rings. The number of nitrogens with zero attached hydrogens (tertiary/aromatic N) is 1. The van der Waals surface area contributed by atoms with Crippen molar-refractivity contribution >= 4 is 48.9 Å². The highest BCUT2D eigenvalue weighted by molar-refractivity contribution is 7.92. The first kappa shape index (κ1) is 28.1. The van der Waals surface area contributed by atoms with E-state index in [2.05, 4.69) is 10.0 Å². The average molecular weight is 576 g/mol. The smallest absolute Gasteiger partial charge is 0.261 e. The van der Waals surface area contributed by atoms with E-state index in [9.17, 15) is 21.6 Å². The Morgan fingerprint density at radius 3 is 2.21 bits per heavy atom. The molecule has 1 aliphatic heterocycles. The maximum atomic E-state index is 12.9. The molecule has 202 valence electrons. The van der Waals surface area contributed by atoms with Crippen LogP contribution in [0.3, 0.4) is 0 Å². The fourth-order valence-electron chi connectivity index (χ4n) is 4.33. The molecule has 0 atom stereocenters. The summed E-state index contributed by atoms with van der Waals surface area (Å²) in [5.41, 5.74) is 3.40. The van der Waals surface area contributed by atoms with Gasteiger partial charge in [0.1, 0.15) is 0 Å². The van der Waals surface area contributed by atoms with Crippen molar-refractivity contribution in [2.45, 2.75) is 37.3 Å². The van der Waals surface area contributed by atoms with Gasteiger partial charge in [0, 0.05) is 29.7 Å². The van der Waals surface area contributed by atoms with Gasteiger partial charge in [0.25, 0.3) is 10.0 Å². The first-order chi connectivity index (χ1) is 17.9. The predicted molar refractivity (Wildman–Crippen MR) is 150 cm³/mol. The Hall–Kier alpha value is -2.92. The van der Waals surface area contributed by atoms with Crippen molar-refractivity contribution in [3.05, 3.63) is 88.4 Å². The molecule has 0 spiro atoms. The van der Waals surface area contributed by atoms with Crippen molar-refractivity contribution in [1.82, 2.24) is 4.31 Å². The van der Waals surface area contributed by atoms with Crippen LogP contribution in [0.1, 0.15) is 29.5 Å². The second kappa shape index (κ2) is 11.4. The van der Waals surface area contributed by atoms with Crippen LogP contribution in [-0.2, 0) is 30.6 Å². The van der Waals surface area contributed by atoms with E-state index in [0.717, 1.165) is 16.7 Å². The molecule has 0 bridgehead atoms. The normalized spacial score (nSPS) is 15.2. The van der Waals surface area contributed by atoms with Crippen molar-refractivity contribution in [1.29, 1.82) is 0 Å². The number of hydrogen-bond acceptors (Lipinski definition) is 5. The minimum absolute atomic E-state index is 0.0410. The molecule has 11 heteroatoms. The van der Waals surface area contributed by atoms with Gasteiger partial charge in [-0.25, -0.2) is 21.1 Å². The second-order valence-corrected chi connectivity index (χ2v) is 13.6. The maximum Gasteiger partial charge on any atom is 0.261 e. The summed E-state index contributed by atoms with van der Waals surface area (Å²) in [6, 6.07) is 18.2. The molecular formula is C27H30ClN3O5S2. The van der Waals surface area contributed by atoms with Crippen LogP contribution in [-0.4, -0.2) is 40.1 Å². The lowest BCUT2D eigenvalue weighted by molar-refractivity contribution is -0.120. The first-order valence-corrected chi connectivity index (χ1v) is 15.6. The Labute approximate surface area is 229 Å². The van der Waals surface area contributed by atoms with Gasteiger partial charge in [-0.3, -0.25) is 9.52 Å². The summed E-state index contributed by atoms with van der Waals surface area (Å²) in [5, 5.41) is 3.27. The van der Waals surface area contributed by atoms with Crippen LogP contribution in [0.25, 0.3) is 0 Å². The van der Waals surface area contributed by atoms with Crippen molar-refractivity contribution in [2.75, 3.05) is 23.1 Å². The minimum Gasteiger partial charge on any atom is -0.326 e. The summed E-state index contributed by atoms with van der Waals surface area (Å²) in [6.45, 7) is 4.30. The number of amides is 1. The Morgan fingerprint density at radius 2 is 1.58 bits per heavy atom. The Morgan fingerprint density at radius 1 is 0.921 bits per heavy atom. The van der Waals surface area contributed by atoms with E-state index in [0.29, 0.717) is 29.2 Å². The van der Waals surface area contributed by atoms with Crippen LogP contribution in [0, 0.1) is 19.8 Å². The van der Waals surface area contributed by atoms with Gasteiger partial charge in [-0.15, -0.1) is 0 Å². The zero-order valence-electron chi connectivity index (χ0n) is 21.1. The van der Waals surface area contributed by atoms with Gasteiger partial charge >= 0.3 is 0 Å². The third-order valence-electron chi connectivity index (χ3n) is 6.51. The van der Waals surface area contributed by atoms with Crippen LogP contribution >= 0.6 is 11.6 Å². The number of piperidine rings is 1. The van der Waals surface area contributed by atoms with E-state index >= 15 is 0 Å². The number of rotatable bonds is 8. The number of carbonyl (C=O) groups is 1. The summed E-state index contributed by atoms with van der Waals surface area (Å²) in [4.78, 5) is 12.9. The zero-order chi connectivity index (χ0) is 27.5. The topological polar surface area (TPSA) is 113 Å². The van der Waals surface area contributed by atoms with Crippen LogP contribution in [0.15, 0.2) is 71.6 Å². The van der Waals surface area contributed by atoms with Gasteiger partial charge < -0.3 is 5.32 Å². The largest absolute Gasteiger partial charge is 0.326 e. The molecular weight excluding hydrogens is 546 g/mol. The SMILES string of the molecule is Cc1cccc(CS(=O)(=O)N2CCC(C(=O)Nc3ccc(S(=O)(=O)Nc4ccc(C)c(Cl)c4)cc3)CC2)c1. The summed E-state index contributed by atoms with van der Waals surface area (Å²) < 4.78 is 55.1. The third-order valence-corrected chi connectivity index (χ3v) is 10.2. The van der Waals surface area contributed by atoms with Crippen LogP contribution in [0.4, 0.5) is 11.4 Å². The standard InChI is InChI=1S/C27H30ClN3O5S2/c1-19-4-3-5-21(16-19)18-37(33,34)31-14-12-22(13-15-31)27(32)29-23-8-10-25(11-9-23)38(35,36)30-24-7-6-20(2)26(28)17-24/h3-11,16-17,22,30H,12-15,18H2,1-2H3,(H,29,32). The molecule has 3 aromatic carbocycles. The maximum absolute atomic E-state index is 12.9. The summed E-state index contributed by atoms with van der Waals surface area (Å²) in [7, 11) is -7.31. The summed E-state index contributed by atoms with van der Waals surface area (Å²) >= 11 is 6.08. The van der Waals surface area contributed by atoms with Crippen LogP contribution < -0.4 is 10.0 Å². The van der Waals surface area contributed by atoms with Crippen LogP contribution in [0.5, 0.6) is 0 Å². The number of sulfonamides is 2. The predicted octanol–water partition coefficient (Wildman–Crippen LogP) is 4.94. The van der Waals surface area contributed by atoms with E-state index in [1.165, 1.54) is 28.6 Å². The lowest BCUT2D eigenvalue weighted by atomic mass is 9.97. The molecule has 0 radical (unpaired) electrons. The number of halogens is 1. The number of nitrogens with one attached hydrogen (secondary N) is 2. The number of benzene rings is 3. The quantitative estimate of drug-likeness (QED) is 0.395. The second-order valence-electron chi connectivity index (χ2n) is 9.50. The monoisotopic (exact) mass is 575 g/mol. The van der Waals surface area contributed by atoms with E-state index in [1.54, 1.807) is 24.3 Å². The Balaban J connectivity index is 1.32. The zero-order valence-corrected chi connectivity index (χ0v) is 23.5. The lowest BCUT2D eigenvalue weighted by Crippen LogP contribution is -2.41. The van der Waals surface area contributed by atoms with E-state index < -0.39 is 20.0 Å².